The lowest BCUT2D eigenvalue weighted by Crippen LogP contribution is -2.58. The Kier molecular flexibility index (Phi) is 13.3. The highest BCUT2D eigenvalue weighted by atomic mass is 19.4. The summed E-state index contributed by atoms with van der Waals surface area (Å²) in [4.78, 5) is 65.7. The zero-order valence-corrected chi connectivity index (χ0v) is 27.5. The van der Waals surface area contributed by atoms with Gasteiger partial charge in [0.25, 0.3) is 11.8 Å². The summed E-state index contributed by atoms with van der Waals surface area (Å²) in [5.74, 6) is -13.2. The lowest BCUT2D eigenvalue weighted by atomic mass is 9.94. The van der Waals surface area contributed by atoms with Gasteiger partial charge in [0.2, 0.25) is 17.6 Å². The topological polar surface area (TPSA) is 166 Å². The van der Waals surface area contributed by atoms with Crippen molar-refractivity contribution in [2.75, 3.05) is 13.7 Å². The van der Waals surface area contributed by atoms with E-state index < -0.39 is 72.1 Å². The number of nitriles is 1. The van der Waals surface area contributed by atoms with E-state index in [1.807, 2.05) is 6.07 Å². The van der Waals surface area contributed by atoms with E-state index in [1.54, 1.807) is 30.3 Å². The third kappa shape index (κ3) is 11.1. The maximum Gasteiger partial charge on any atom is 0.405 e. The number of ether oxygens (including phenoxy) is 1. The minimum Gasteiger partial charge on any atom is -0.497 e. The fourth-order valence-electron chi connectivity index (χ4n) is 4.75. The number of nitrogens with zero attached hydrogens (tertiary/aromatic N) is 1. The van der Waals surface area contributed by atoms with E-state index in [2.05, 4.69) is 16.0 Å². The van der Waals surface area contributed by atoms with Crippen LogP contribution in [0.2, 0.25) is 0 Å². The van der Waals surface area contributed by atoms with Gasteiger partial charge in [0.15, 0.2) is 0 Å². The Bertz CT molecular complexity index is 1760. The highest BCUT2D eigenvalue weighted by molar-refractivity contribution is 6.11. The molecule has 0 aliphatic carbocycles. The second-order valence-corrected chi connectivity index (χ2v) is 11.6. The van der Waals surface area contributed by atoms with Crippen LogP contribution < -0.4 is 26.0 Å². The first-order valence-electron chi connectivity index (χ1n) is 15.3. The standard InChI is InChI=1S/C35H34F5N5O6/c1-20(2)27(29(46)35(39,40)33(50)42-19-34(36,37)38)44-32(49)28(23-12-14-25(51-3)15-13-23)45-31(48)26(17-21-8-7-9-22(16-21)18-41)43-30(47)24-10-5-4-6-11-24/h4-16,20,26-28H,17,19H2,1-3H3,(H,42,50)(H,43,47)(H,44,49)(H,45,48)/t26?,27-,28?/m0/s1. The molecule has 0 aliphatic heterocycles. The Hall–Kier alpha value is -5.85. The fraction of sp³-hybridized carbons (Fsp3) is 0.314. The van der Waals surface area contributed by atoms with Crippen LogP contribution in [-0.2, 0) is 25.6 Å². The molecule has 0 heterocycles. The number of Topliss-reactive ketones (excluding diaryl/α,β-unsaturated/α-hetero) is 1. The summed E-state index contributed by atoms with van der Waals surface area (Å²) in [6, 6.07) is 16.4. The molecule has 3 aromatic rings. The average Bonchev–Trinajstić information content (AvgIpc) is 3.10. The van der Waals surface area contributed by atoms with Crippen LogP contribution in [0, 0.1) is 17.2 Å². The molecule has 4 N–H and O–H groups in total. The second-order valence-electron chi connectivity index (χ2n) is 11.6. The lowest BCUT2D eigenvalue weighted by molar-refractivity contribution is -0.165. The van der Waals surface area contributed by atoms with Gasteiger partial charge in [-0.2, -0.15) is 27.2 Å². The molecule has 11 nitrogen and oxygen atoms in total. The Morgan fingerprint density at radius 3 is 2.04 bits per heavy atom. The Morgan fingerprint density at radius 1 is 0.824 bits per heavy atom. The number of alkyl halides is 5. The first-order valence-corrected chi connectivity index (χ1v) is 15.3. The van der Waals surface area contributed by atoms with Gasteiger partial charge in [-0.05, 0) is 53.4 Å². The minimum absolute atomic E-state index is 0.0749. The van der Waals surface area contributed by atoms with Crippen LogP contribution in [0.4, 0.5) is 22.0 Å². The molecule has 3 rings (SSSR count). The van der Waals surface area contributed by atoms with Crippen LogP contribution in [0.3, 0.4) is 0 Å². The number of carbonyl (C=O) groups excluding carboxylic acids is 5. The number of ketones is 1. The van der Waals surface area contributed by atoms with Crippen molar-refractivity contribution in [2.45, 2.75) is 50.5 Å². The van der Waals surface area contributed by atoms with E-state index in [0.717, 1.165) is 5.32 Å². The van der Waals surface area contributed by atoms with Crippen molar-refractivity contribution < 1.29 is 50.7 Å². The highest BCUT2D eigenvalue weighted by Crippen LogP contribution is 2.24. The third-order valence-electron chi connectivity index (χ3n) is 7.44. The van der Waals surface area contributed by atoms with E-state index in [9.17, 15) is 51.2 Å². The van der Waals surface area contributed by atoms with Gasteiger partial charge in [-0.15, -0.1) is 0 Å². The molecule has 0 bridgehead atoms. The SMILES string of the molecule is COc1ccc(C(NC(=O)C(Cc2cccc(C#N)c2)NC(=O)c2ccccc2)C(=O)N[C@H](C(=O)C(F)(F)C(=O)NCC(F)(F)F)C(C)C)cc1. The molecule has 0 spiro atoms. The Balaban J connectivity index is 1.97. The number of amides is 4. The monoisotopic (exact) mass is 715 g/mol. The predicted molar refractivity (Wildman–Crippen MR) is 172 cm³/mol. The molecule has 270 valence electrons. The van der Waals surface area contributed by atoms with Gasteiger partial charge < -0.3 is 26.0 Å². The van der Waals surface area contributed by atoms with E-state index in [4.69, 9.17) is 4.74 Å². The summed E-state index contributed by atoms with van der Waals surface area (Å²) >= 11 is 0. The van der Waals surface area contributed by atoms with Gasteiger partial charge in [-0.1, -0.05) is 56.3 Å². The lowest BCUT2D eigenvalue weighted by Gasteiger charge is -2.28. The second kappa shape index (κ2) is 17.2. The van der Waals surface area contributed by atoms with E-state index in [0.29, 0.717) is 11.3 Å². The summed E-state index contributed by atoms with van der Waals surface area (Å²) in [6.45, 7) is 0.373. The molecular formula is C35H34F5N5O6. The number of methoxy groups -OCH3 is 1. The number of rotatable bonds is 15. The summed E-state index contributed by atoms with van der Waals surface area (Å²) in [5, 5.41) is 17.5. The summed E-state index contributed by atoms with van der Waals surface area (Å²) in [5.41, 5.74) is 1.00. The maximum atomic E-state index is 14.9. The predicted octanol–water partition coefficient (Wildman–Crippen LogP) is 3.79. The molecule has 51 heavy (non-hydrogen) atoms. The van der Waals surface area contributed by atoms with Gasteiger partial charge in [0.05, 0.1) is 24.8 Å². The van der Waals surface area contributed by atoms with Crippen molar-refractivity contribution in [2.24, 2.45) is 5.92 Å². The fourth-order valence-corrected chi connectivity index (χ4v) is 4.75. The Morgan fingerprint density at radius 2 is 1.47 bits per heavy atom. The van der Waals surface area contributed by atoms with Crippen molar-refractivity contribution in [3.8, 4) is 11.8 Å². The molecule has 3 atom stereocenters. The number of nitrogens with one attached hydrogen (secondary N) is 4. The van der Waals surface area contributed by atoms with E-state index in [1.165, 1.54) is 69.5 Å². The van der Waals surface area contributed by atoms with E-state index in [-0.39, 0.29) is 23.1 Å². The van der Waals surface area contributed by atoms with Crippen LogP contribution in [-0.4, -0.2) is 67.2 Å². The maximum absolute atomic E-state index is 14.9. The van der Waals surface area contributed by atoms with Crippen LogP contribution in [0.25, 0.3) is 0 Å². The first-order chi connectivity index (χ1) is 24.0. The van der Waals surface area contributed by atoms with Gasteiger partial charge in [0.1, 0.15) is 24.4 Å². The third-order valence-corrected chi connectivity index (χ3v) is 7.44. The molecule has 0 fully saturated rings. The van der Waals surface area contributed by atoms with E-state index >= 15 is 0 Å². The molecule has 3 aromatic carbocycles. The van der Waals surface area contributed by atoms with Crippen molar-refractivity contribution in [3.05, 3.63) is 101 Å². The summed E-state index contributed by atoms with van der Waals surface area (Å²) in [6.07, 6.45) is -5.20. The van der Waals surface area contributed by atoms with Crippen LogP contribution in [0.5, 0.6) is 5.75 Å². The van der Waals surface area contributed by atoms with Crippen LogP contribution >= 0.6 is 0 Å². The number of hydrogen-bond donors (Lipinski definition) is 4. The number of hydrogen-bond acceptors (Lipinski definition) is 7. The molecule has 0 radical (unpaired) electrons. The zero-order chi connectivity index (χ0) is 37.9. The molecule has 4 amide bonds. The first kappa shape index (κ1) is 39.6. The molecule has 2 unspecified atom stereocenters. The molecule has 0 aliphatic rings. The minimum atomic E-state index is -5.04. The summed E-state index contributed by atoms with van der Waals surface area (Å²) < 4.78 is 72.5. The van der Waals surface area contributed by atoms with Crippen LogP contribution in [0.15, 0.2) is 78.9 Å². The van der Waals surface area contributed by atoms with Crippen molar-refractivity contribution >= 4 is 29.4 Å². The Labute approximate surface area is 289 Å². The summed E-state index contributed by atoms with van der Waals surface area (Å²) in [7, 11) is 1.37. The highest BCUT2D eigenvalue weighted by Gasteiger charge is 2.52. The molecule has 0 aromatic heterocycles. The number of benzene rings is 3. The van der Waals surface area contributed by atoms with Crippen molar-refractivity contribution in [1.29, 1.82) is 5.26 Å². The van der Waals surface area contributed by atoms with Gasteiger partial charge in [-0.25, -0.2) is 0 Å². The molecule has 0 saturated carbocycles. The quantitative estimate of drug-likeness (QED) is 0.137. The molecule has 0 saturated heterocycles. The van der Waals surface area contributed by atoms with Gasteiger partial charge in [0, 0.05) is 12.0 Å². The van der Waals surface area contributed by atoms with Gasteiger partial charge >= 0.3 is 12.1 Å². The molecule has 16 heteroatoms. The molecular weight excluding hydrogens is 681 g/mol. The van der Waals surface area contributed by atoms with Crippen LogP contribution in [0.1, 0.15) is 46.9 Å². The van der Waals surface area contributed by atoms with Crippen molar-refractivity contribution in [1.82, 2.24) is 21.3 Å². The largest absolute Gasteiger partial charge is 0.497 e. The smallest absolute Gasteiger partial charge is 0.405 e. The zero-order valence-electron chi connectivity index (χ0n) is 27.5. The number of halogens is 5. The van der Waals surface area contributed by atoms with Gasteiger partial charge in [-0.3, -0.25) is 24.0 Å². The van der Waals surface area contributed by atoms with Crippen molar-refractivity contribution in [3.63, 3.8) is 0 Å². The average molecular weight is 716 g/mol. The normalized spacial score (nSPS) is 13.2. The number of carbonyl (C=O) groups is 5.